The van der Waals surface area contributed by atoms with Crippen LogP contribution in [0.1, 0.15) is 22.1 Å². The monoisotopic (exact) mass is 58.1 g/mol. The van der Waals surface area contributed by atoms with Gasteiger partial charge in [-0.3, -0.25) is 0 Å². The summed E-state index contributed by atoms with van der Waals surface area (Å²) in [5.74, 6) is -0.250. The van der Waals surface area contributed by atoms with Crippen LogP contribution in [0.5, 0.6) is 0 Å². The van der Waals surface area contributed by atoms with Crippen LogP contribution in [-0.4, -0.2) is 0 Å². The first-order valence-electron chi connectivity index (χ1n) is 2.00. The Bertz CT molecular complexity index is 19.1. The lowest BCUT2D eigenvalue weighted by molar-refractivity contribution is 0.737. The van der Waals surface area contributed by atoms with Gasteiger partial charge in [-0.2, -0.15) is 0 Å². The highest BCUT2D eigenvalue weighted by atomic mass is 13.7. The summed E-state index contributed by atoms with van der Waals surface area (Å²) >= 11 is 0. The normalized spacial score (nSPS) is 15.2. The Morgan fingerprint density at radius 3 is 1.50 bits per heavy atom. The molecule has 0 amide bonds. The minimum atomic E-state index is -0.250. The fourth-order valence-electron chi connectivity index (χ4n) is 0. The van der Waals surface area contributed by atoms with E-state index in [-0.39, 0.29) is 5.89 Å². The summed E-state index contributed by atoms with van der Waals surface area (Å²) in [6.07, 6.45) is 0. The van der Waals surface area contributed by atoms with Crippen LogP contribution in [0.25, 0.3) is 0 Å². The van der Waals surface area contributed by atoms with Crippen molar-refractivity contribution in [1.82, 2.24) is 0 Å². The largest absolute Gasteiger partial charge is 0.0630 e. The molecule has 0 bridgehead atoms. The zero-order valence-electron chi connectivity index (χ0n) is 4.50. The fourth-order valence-corrected chi connectivity index (χ4v) is 0. The predicted octanol–water partition coefficient (Wildman–Crippen LogP) is 1.66. The molecule has 0 heterocycles. The third-order valence-corrected chi connectivity index (χ3v) is 0. The van der Waals surface area contributed by atoms with Crippen molar-refractivity contribution in [2.75, 3.05) is 0 Å². The average molecular weight is 58.1 g/mol. The molecule has 0 saturated heterocycles. The minimum Gasteiger partial charge on any atom is -0.0630 e. The van der Waals surface area contributed by atoms with Crippen LogP contribution in [-0.2, 0) is 0 Å². The third kappa shape index (κ3) is 0. The second-order valence-electron chi connectivity index (χ2n) is 1.50. The van der Waals surface area contributed by atoms with Gasteiger partial charge in [-0.05, 0) is 5.89 Å². The number of hydrogen-bond donors (Lipinski definition) is 0. The van der Waals surface area contributed by atoms with E-state index in [1.807, 2.05) is 20.8 Å². The highest BCUT2D eigenvalue weighted by molar-refractivity contribution is 4.20. The van der Waals surface area contributed by atoms with Crippen LogP contribution in [0.2, 0.25) is 0 Å². The van der Waals surface area contributed by atoms with Crippen LogP contribution in [0.3, 0.4) is 0 Å². The summed E-state index contributed by atoms with van der Waals surface area (Å²) in [7, 11) is 0. The molecule has 0 aromatic heterocycles. The van der Waals surface area contributed by atoms with Crippen molar-refractivity contribution >= 4 is 0 Å². The standard InChI is InChI=1S/C4H10/c1-4(2)3/h4H,1-3H3/i4H. The summed E-state index contributed by atoms with van der Waals surface area (Å²) < 4.78 is 6.94. The molecule has 0 aromatic rings. The molecule has 0 heteroatoms. The molecule has 0 fully saturated rings. The van der Waals surface area contributed by atoms with Gasteiger partial charge in [0.15, 0.2) is 0 Å². The summed E-state index contributed by atoms with van der Waals surface area (Å²) in [5, 5.41) is 0. The van der Waals surface area contributed by atoms with Gasteiger partial charge in [0.2, 0.25) is 0 Å². The molecule has 0 saturated carbocycles. The van der Waals surface area contributed by atoms with Crippen LogP contribution >= 0.6 is 0 Å². The van der Waals surface area contributed by atoms with E-state index in [2.05, 4.69) is 0 Å². The highest BCUT2D eigenvalue weighted by Crippen LogP contribution is 1.81. The molecule has 0 unspecified atom stereocenters. The first-order chi connectivity index (χ1) is 2.00. The molecule has 4 heavy (non-hydrogen) atoms. The van der Waals surface area contributed by atoms with E-state index in [4.69, 9.17) is 1.37 Å². The lowest BCUT2D eigenvalue weighted by Gasteiger charge is -1.79. The van der Waals surface area contributed by atoms with E-state index >= 15 is 0 Å². The van der Waals surface area contributed by atoms with Gasteiger partial charge in [0.25, 0.3) is 0 Å². The van der Waals surface area contributed by atoms with Gasteiger partial charge in [0.1, 0.15) is 0 Å². The minimum absolute atomic E-state index is 0.250. The van der Waals surface area contributed by atoms with Crippen LogP contribution < -0.4 is 0 Å². The van der Waals surface area contributed by atoms with Crippen LogP contribution in [0.4, 0.5) is 0 Å². The second kappa shape index (κ2) is 1.33. The molecular weight excluding hydrogens is 48.0 g/mol. The van der Waals surface area contributed by atoms with Crippen molar-refractivity contribution in [2.45, 2.75) is 20.8 Å². The first-order valence-corrected chi connectivity index (χ1v) is 1.50. The van der Waals surface area contributed by atoms with E-state index in [9.17, 15) is 0 Å². The second-order valence-corrected chi connectivity index (χ2v) is 1.50. The Kier molecular flexibility index (Phi) is 0.750. The third-order valence-electron chi connectivity index (χ3n) is 0. The first kappa shape index (κ1) is 2.25. The lowest BCUT2D eigenvalue weighted by Crippen LogP contribution is -1.66. The molecule has 0 nitrogen and oxygen atoms in total. The van der Waals surface area contributed by atoms with Crippen molar-refractivity contribution in [3.8, 4) is 0 Å². The van der Waals surface area contributed by atoms with Crippen molar-refractivity contribution < 1.29 is 1.37 Å². The van der Waals surface area contributed by atoms with Crippen LogP contribution in [0.15, 0.2) is 0 Å². The van der Waals surface area contributed by atoms with Crippen molar-refractivity contribution in [1.29, 1.82) is 0 Å². The summed E-state index contributed by atoms with van der Waals surface area (Å²) in [4.78, 5) is 0. The Morgan fingerprint density at radius 1 is 1.50 bits per heavy atom. The number of rotatable bonds is 0. The van der Waals surface area contributed by atoms with Crippen molar-refractivity contribution in [3.05, 3.63) is 0 Å². The molecule has 0 aromatic carbocycles. The van der Waals surface area contributed by atoms with Gasteiger partial charge in [-0.15, -0.1) is 0 Å². The van der Waals surface area contributed by atoms with Gasteiger partial charge >= 0.3 is 0 Å². The van der Waals surface area contributed by atoms with E-state index in [0.717, 1.165) is 0 Å². The molecule has 0 aliphatic carbocycles. The van der Waals surface area contributed by atoms with E-state index in [1.54, 1.807) is 0 Å². The SMILES string of the molecule is [1H]C(C)(C)C. The fraction of sp³-hybridized carbons (Fsp3) is 1.00. The van der Waals surface area contributed by atoms with E-state index < -0.39 is 0 Å². The average Bonchev–Trinajstić information content (AvgIpc) is 0.722. The highest BCUT2D eigenvalue weighted by Gasteiger charge is 1.68. The van der Waals surface area contributed by atoms with E-state index in [0.29, 0.717) is 0 Å². The Balaban J connectivity index is 3.02. The van der Waals surface area contributed by atoms with Gasteiger partial charge in [0, 0.05) is 1.37 Å². The molecule has 0 aliphatic heterocycles. The Labute approximate surface area is 29.2 Å². The molecule has 26 valence electrons. The van der Waals surface area contributed by atoms with Crippen LogP contribution in [0, 0.1) is 5.89 Å². The van der Waals surface area contributed by atoms with Gasteiger partial charge in [0.05, 0.1) is 0 Å². The molecule has 0 atom stereocenters. The van der Waals surface area contributed by atoms with Gasteiger partial charge in [-0.25, -0.2) is 0 Å². The maximum absolute atomic E-state index is 6.94. The van der Waals surface area contributed by atoms with Gasteiger partial charge < -0.3 is 0 Å². The maximum atomic E-state index is 6.94. The van der Waals surface area contributed by atoms with E-state index in [1.165, 1.54) is 0 Å². The molecular formula is C4H10. The zero-order chi connectivity index (χ0) is 4.50. The molecule has 0 spiro atoms. The zero-order valence-corrected chi connectivity index (χ0v) is 3.50. The lowest BCUT2D eigenvalue weighted by atomic mass is 10.3. The topological polar surface area (TPSA) is 0 Å². The predicted molar refractivity (Wildman–Crippen MR) is 20.5 cm³/mol. The molecule has 0 N–H and O–H groups in total. The summed E-state index contributed by atoms with van der Waals surface area (Å²) in [5.41, 5.74) is 0. The molecule has 0 rings (SSSR count). The van der Waals surface area contributed by atoms with Crippen molar-refractivity contribution in [3.63, 3.8) is 0 Å². The summed E-state index contributed by atoms with van der Waals surface area (Å²) in [6.45, 7) is 5.56. The summed E-state index contributed by atoms with van der Waals surface area (Å²) in [6, 6.07) is 0. The van der Waals surface area contributed by atoms with Gasteiger partial charge in [-0.1, -0.05) is 20.8 Å². The smallest absolute Gasteiger partial charge is 0.0294 e. The molecule has 0 radical (unpaired) electrons. The molecule has 0 aliphatic rings. The maximum Gasteiger partial charge on any atom is 0.0294 e. The quantitative estimate of drug-likeness (QED) is 0.397. The Morgan fingerprint density at radius 2 is 1.50 bits per heavy atom. The number of hydrogen-bond acceptors (Lipinski definition) is 0. The Hall–Kier alpha value is 0. The van der Waals surface area contributed by atoms with Crippen molar-refractivity contribution in [2.24, 2.45) is 5.89 Å².